The summed E-state index contributed by atoms with van der Waals surface area (Å²) in [5.74, 6) is 0.455. The maximum atomic E-state index is 8.73. The lowest BCUT2D eigenvalue weighted by atomic mass is 10.1. The second kappa shape index (κ2) is 4.25. The number of nitriles is 1. The topological polar surface area (TPSA) is 50.8 Å². The van der Waals surface area contributed by atoms with Crippen molar-refractivity contribution in [2.75, 3.05) is 7.11 Å². The minimum absolute atomic E-state index is 0.156. The van der Waals surface area contributed by atoms with Gasteiger partial charge in [0.15, 0.2) is 0 Å². The van der Waals surface area contributed by atoms with Crippen molar-refractivity contribution >= 4 is 0 Å². The van der Waals surface area contributed by atoms with Crippen LogP contribution in [0.15, 0.2) is 12.4 Å². The highest BCUT2D eigenvalue weighted by Gasteiger charge is 2.16. The van der Waals surface area contributed by atoms with Gasteiger partial charge in [0.1, 0.15) is 6.07 Å². The smallest absolute Gasteiger partial charge is 0.212 e. The van der Waals surface area contributed by atoms with Crippen LogP contribution in [0, 0.1) is 11.3 Å². The van der Waals surface area contributed by atoms with Gasteiger partial charge in [-0.3, -0.25) is 0 Å². The molecule has 0 atom stereocenters. The third-order valence-electron chi connectivity index (χ3n) is 2.32. The highest BCUT2D eigenvalue weighted by Crippen LogP contribution is 2.14. The number of hydrogen-bond donors (Lipinski definition) is 0. The Morgan fingerprint density at radius 2 is 2.36 bits per heavy atom. The Hall–Kier alpha value is -1.34. The Bertz CT molecular complexity index is 335. The zero-order valence-corrected chi connectivity index (χ0v) is 8.82. The van der Waals surface area contributed by atoms with Gasteiger partial charge in [0.2, 0.25) is 5.82 Å². The lowest BCUT2D eigenvalue weighted by Crippen LogP contribution is -2.24. The molecule has 0 aromatic carbocycles. The average molecular weight is 193 g/mol. The van der Waals surface area contributed by atoms with E-state index in [0.717, 1.165) is 13.0 Å². The van der Waals surface area contributed by atoms with Gasteiger partial charge in [-0.15, -0.1) is 0 Å². The lowest BCUT2D eigenvalue weighted by molar-refractivity contribution is 0.0120. The summed E-state index contributed by atoms with van der Waals surface area (Å²) in [6.45, 7) is 4.80. The zero-order chi connectivity index (χ0) is 10.6. The predicted molar refractivity (Wildman–Crippen MR) is 52.6 cm³/mol. The quantitative estimate of drug-likeness (QED) is 0.729. The SMILES string of the molecule is COC(C)(C)CCn1ccnc1C#N. The molecule has 0 aliphatic heterocycles. The standard InChI is InChI=1S/C10H15N3O/c1-10(2,14-3)4-6-13-7-5-12-9(13)8-11/h5,7H,4,6H2,1-3H3. The van der Waals surface area contributed by atoms with Crippen molar-refractivity contribution in [1.82, 2.24) is 9.55 Å². The Morgan fingerprint density at radius 1 is 1.64 bits per heavy atom. The van der Waals surface area contributed by atoms with Crippen LogP contribution in [-0.4, -0.2) is 22.3 Å². The van der Waals surface area contributed by atoms with Crippen LogP contribution in [0.4, 0.5) is 0 Å². The number of aryl methyl sites for hydroxylation is 1. The van der Waals surface area contributed by atoms with E-state index < -0.39 is 0 Å². The first kappa shape index (κ1) is 10.7. The minimum atomic E-state index is -0.156. The molecule has 76 valence electrons. The molecule has 0 amide bonds. The van der Waals surface area contributed by atoms with Crippen LogP contribution in [0.1, 0.15) is 26.1 Å². The van der Waals surface area contributed by atoms with E-state index in [1.165, 1.54) is 0 Å². The zero-order valence-electron chi connectivity index (χ0n) is 8.82. The number of aromatic nitrogens is 2. The van der Waals surface area contributed by atoms with Crippen molar-refractivity contribution in [2.24, 2.45) is 0 Å². The maximum absolute atomic E-state index is 8.73. The first-order valence-electron chi connectivity index (χ1n) is 4.55. The average Bonchev–Trinajstić information content (AvgIpc) is 2.62. The second-order valence-corrected chi connectivity index (χ2v) is 3.77. The second-order valence-electron chi connectivity index (χ2n) is 3.77. The summed E-state index contributed by atoms with van der Waals surface area (Å²) < 4.78 is 7.13. The Balaban J connectivity index is 2.59. The molecular formula is C10H15N3O. The van der Waals surface area contributed by atoms with E-state index in [1.54, 1.807) is 13.3 Å². The van der Waals surface area contributed by atoms with Gasteiger partial charge < -0.3 is 9.30 Å². The van der Waals surface area contributed by atoms with Gasteiger partial charge in [0.05, 0.1) is 5.60 Å². The van der Waals surface area contributed by atoms with Crippen molar-refractivity contribution in [1.29, 1.82) is 5.26 Å². The van der Waals surface area contributed by atoms with Gasteiger partial charge in [-0.25, -0.2) is 4.98 Å². The molecule has 0 bridgehead atoms. The Labute approximate surface area is 84.1 Å². The van der Waals surface area contributed by atoms with Crippen LogP contribution in [0.25, 0.3) is 0 Å². The summed E-state index contributed by atoms with van der Waals surface area (Å²) >= 11 is 0. The van der Waals surface area contributed by atoms with E-state index >= 15 is 0 Å². The van der Waals surface area contributed by atoms with Gasteiger partial charge in [0.25, 0.3) is 0 Å². The molecule has 0 radical (unpaired) electrons. The first-order valence-corrected chi connectivity index (χ1v) is 4.55. The Morgan fingerprint density at radius 3 is 2.93 bits per heavy atom. The van der Waals surface area contributed by atoms with Gasteiger partial charge in [-0.1, -0.05) is 0 Å². The molecule has 0 unspecified atom stereocenters. The third kappa shape index (κ3) is 2.57. The summed E-state index contributed by atoms with van der Waals surface area (Å²) in [7, 11) is 1.69. The first-order chi connectivity index (χ1) is 6.59. The van der Waals surface area contributed by atoms with Crippen molar-refractivity contribution in [3.63, 3.8) is 0 Å². The molecule has 4 heteroatoms. The molecule has 0 aliphatic rings. The van der Waals surface area contributed by atoms with Gasteiger partial charge in [0, 0.05) is 26.0 Å². The summed E-state index contributed by atoms with van der Waals surface area (Å²) in [5, 5.41) is 8.73. The predicted octanol–water partition coefficient (Wildman–Crippen LogP) is 1.57. The van der Waals surface area contributed by atoms with Crippen LogP contribution in [0.2, 0.25) is 0 Å². The number of nitrogens with zero attached hydrogens (tertiary/aromatic N) is 3. The van der Waals surface area contributed by atoms with E-state index in [0.29, 0.717) is 5.82 Å². The van der Waals surface area contributed by atoms with Gasteiger partial charge >= 0.3 is 0 Å². The fourth-order valence-corrected chi connectivity index (χ4v) is 1.09. The van der Waals surface area contributed by atoms with Crippen LogP contribution < -0.4 is 0 Å². The molecule has 14 heavy (non-hydrogen) atoms. The van der Waals surface area contributed by atoms with Crippen molar-refractivity contribution in [3.05, 3.63) is 18.2 Å². The number of hydrogen-bond acceptors (Lipinski definition) is 3. The number of methoxy groups -OCH3 is 1. The van der Waals surface area contributed by atoms with E-state index in [1.807, 2.05) is 30.7 Å². The van der Waals surface area contributed by atoms with Gasteiger partial charge in [-0.05, 0) is 20.3 Å². The summed E-state index contributed by atoms with van der Waals surface area (Å²) in [4.78, 5) is 3.92. The number of imidazole rings is 1. The minimum Gasteiger partial charge on any atom is -0.379 e. The molecule has 0 spiro atoms. The molecule has 1 aromatic rings. The molecule has 4 nitrogen and oxygen atoms in total. The van der Waals surface area contributed by atoms with Gasteiger partial charge in [-0.2, -0.15) is 5.26 Å². The van der Waals surface area contributed by atoms with E-state index in [-0.39, 0.29) is 5.60 Å². The van der Waals surface area contributed by atoms with Crippen LogP contribution >= 0.6 is 0 Å². The molecule has 1 rings (SSSR count). The van der Waals surface area contributed by atoms with E-state index in [4.69, 9.17) is 10.00 Å². The molecule has 1 heterocycles. The van der Waals surface area contributed by atoms with E-state index in [2.05, 4.69) is 4.98 Å². The number of ether oxygens (including phenoxy) is 1. The van der Waals surface area contributed by atoms with Crippen molar-refractivity contribution in [2.45, 2.75) is 32.4 Å². The molecule has 0 aliphatic carbocycles. The lowest BCUT2D eigenvalue weighted by Gasteiger charge is -2.22. The largest absolute Gasteiger partial charge is 0.379 e. The molecule has 1 aromatic heterocycles. The molecule has 0 saturated carbocycles. The summed E-state index contributed by atoms with van der Waals surface area (Å²) in [6.07, 6.45) is 4.30. The highest BCUT2D eigenvalue weighted by molar-refractivity contribution is 5.11. The van der Waals surface area contributed by atoms with Crippen molar-refractivity contribution in [3.8, 4) is 6.07 Å². The Kier molecular flexibility index (Phi) is 3.26. The normalized spacial score (nSPS) is 11.3. The maximum Gasteiger partial charge on any atom is 0.212 e. The van der Waals surface area contributed by atoms with Crippen LogP contribution in [-0.2, 0) is 11.3 Å². The summed E-state index contributed by atoms with van der Waals surface area (Å²) in [5.41, 5.74) is -0.156. The molecular weight excluding hydrogens is 178 g/mol. The van der Waals surface area contributed by atoms with Crippen LogP contribution in [0.3, 0.4) is 0 Å². The monoisotopic (exact) mass is 193 g/mol. The number of rotatable bonds is 4. The molecule has 0 saturated heterocycles. The molecule has 0 N–H and O–H groups in total. The molecule has 0 fully saturated rings. The fourth-order valence-electron chi connectivity index (χ4n) is 1.09. The fraction of sp³-hybridized carbons (Fsp3) is 0.600. The van der Waals surface area contributed by atoms with E-state index in [9.17, 15) is 0 Å². The van der Waals surface area contributed by atoms with Crippen LogP contribution in [0.5, 0.6) is 0 Å². The highest BCUT2D eigenvalue weighted by atomic mass is 16.5. The summed E-state index contributed by atoms with van der Waals surface area (Å²) in [6, 6.07) is 2.04. The third-order valence-corrected chi connectivity index (χ3v) is 2.32. The van der Waals surface area contributed by atoms with Crippen molar-refractivity contribution < 1.29 is 4.74 Å².